The van der Waals surface area contributed by atoms with E-state index in [0.29, 0.717) is 0 Å². The Labute approximate surface area is 83.3 Å². The number of halogens is 1. The van der Waals surface area contributed by atoms with Crippen molar-refractivity contribution in [2.24, 2.45) is 0 Å². The number of ether oxygens (including phenoxy) is 1. The Hall–Kier alpha value is -1.62. The summed E-state index contributed by atoms with van der Waals surface area (Å²) in [7, 11) is 0. The van der Waals surface area contributed by atoms with E-state index in [0.717, 1.165) is 0 Å². The van der Waals surface area contributed by atoms with Crippen LogP contribution in [-0.4, -0.2) is 27.9 Å². The van der Waals surface area contributed by atoms with E-state index in [9.17, 15) is 9.59 Å². The number of carbonyl (C=O) groups excluding carboxylic acids is 1. The molecule has 1 atom stereocenters. The molecule has 14 heavy (non-hydrogen) atoms. The van der Waals surface area contributed by atoms with Crippen molar-refractivity contribution in [3.8, 4) is 5.75 Å². The average molecular weight is 214 g/mol. The number of Topliss-reactive ketones (excluding diaryl/α,β-unsaturated/α-hetero) is 1. The van der Waals surface area contributed by atoms with Gasteiger partial charge in [-0.05, 0) is 0 Å². The highest BCUT2D eigenvalue weighted by molar-refractivity contribution is 6.29. The molecule has 2 heterocycles. The van der Waals surface area contributed by atoms with Crippen molar-refractivity contribution in [2.75, 3.05) is 0 Å². The van der Waals surface area contributed by atoms with Gasteiger partial charge >= 0.3 is 5.97 Å². The Morgan fingerprint density at radius 3 is 3.00 bits per heavy atom. The molecule has 6 heteroatoms. The third-order valence-electron chi connectivity index (χ3n) is 1.81. The summed E-state index contributed by atoms with van der Waals surface area (Å²) in [6.07, 6.45) is -0.256. The molecule has 0 radical (unpaired) electrons. The molecule has 1 aliphatic rings. The van der Waals surface area contributed by atoms with Gasteiger partial charge in [-0.15, -0.1) is 0 Å². The number of ketones is 1. The summed E-state index contributed by atoms with van der Waals surface area (Å²) in [4.78, 5) is 25.6. The summed E-state index contributed by atoms with van der Waals surface area (Å²) < 4.78 is 4.89. The van der Waals surface area contributed by atoms with E-state index in [4.69, 9.17) is 21.4 Å². The summed E-state index contributed by atoms with van der Waals surface area (Å²) in [5, 5.41) is 8.78. The first kappa shape index (κ1) is 8.96. The Balaban J connectivity index is 2.45. The molecule has 0 saturated carbocycles. The molecule has 0 saturated heterocycles. The van der Waals surface area contributed by atoms with Gasteiger partial charge in [0.05, 0.1) is 5.56 Å². The zero-order valence-corrected chi connectivity index (χ0v) is 7.49. The van der Waals surface area contributed by atoms with Crippen LogP contribution in [0.2, 0.25) is 5.15 Å². The van der Waals surface area contributed by atoms with Crippen LogP contribution in [0, 0.1) is 0 Å². The summed E-state index contributed by atoms with van der Waals surface area (Å²) in [5.41, 5.74) is 0.154. The molecule has 0 fully saturated rings. The molecule has 1 N–H and O–H groups in total. The number of carbonyl (C=O) groups is 2. The Morgan fingerprint density at radius 1 is 1.64 bits per heavy atom. The SMILES string of the molecule is O=C(O)C1Oc2cc(Cl)ncc2C1=O. The molecular weight excluding hydrogens is 210 g/mol. The van der Waals surface area contributed by atoms with Gasteiger partial charge in [-0.2, -0.15) is 0 Å². The maximum absolute atomic E-state index is 11.4. The van der Waals surface area contributed by atoms with Crippen molar-refractivity contribution in [1.29, 1.82) is 0 Å². The van der Waals surface area contributed by atoms with Gasteiger partial charge in [-0.3, -0.25) is 4.79 Å². The molecule has 0 amide bonds. The Morgan fingerprint density at radius 2 is 2.36 bits per heavy atom. The van der Waals surface area contributed by atoms with Crippen molar-refractivity contribution in [1.82, 2.24) is 4.98 Å². The van der Waals surface area contributed by atoms with E-state index in [-0.39, 0.29) is 16.5 Å². The van der Waals surface area contributed by atoms with E-state index >= 15 is 0 Å². The average Bonchev–Trinajstić information content (AvgIpc) is 2.43. The first-order valence-electron chi connectivity index (χ1n) is 3.69. The Bertz CT molecular complexity index is 431. The van der Waals surface area contributed by atoms with Crippen LogP contribution < -0.4 is 4.74 Å². The minimum atomic E-state index is -1.47. The highest BCUT2D eigenvalue weighted by atomic mass is 35.5. The number of carboxylic acids is 1. The lowest BCUT2D eigenvalue weighted by molar-refractivity contribution is -0.142. The summed E-state index contributed by atoms with van der Waals surface area (Å²) >= 11 is 5.55. The van der Waals surface area contributed by atoms with Crippen LogP contribution in [0.3, 0.4) is 0 Å². The topological polar surface area (TPSA) is 76.5 Å². The predicted molar refractivity (Wildman–Crippen MR) is 45.6 cm³/mol. The number of hydrogen-bond donors (Lipinski definition) is 1. The zero-order chi connectivity index (χ0) is 10.3. The van der Waals surface area contributed by atoms with Crippen LogP contribution >= 0.6 is 11.6 Å². The van der Waals surface area contributed by atoms with Crippen LogP contribution in [0.25, 0.3) is 0 Å². The zero-order valence-electron chi connectivity index (χ0n) is 6.73. The third-order valence-corrected chi connectivity index (χ3v) is 2.01. The van der Waals surface area contributed by atoms with Crippen molar-refractivity contribution >= 4 is 23.4 Å². The number of pyridine rings is 1. The van der Waals surface area contributed by atoms with E-state index < -0.39 is 17.9 Å². The second-order valence-electron chi connectivity index (χ2n) is 2.70. The van der Waals surface area contributed by atoms with Crippen molar-refractivity contribution < 1.29 is 19.4 Å². The van der Waals surface area contributed by atoms with Gasteiger partial charge in [0, 0.05) is 12.3 Å². The molecule has 0 spiro atoms. The van der Waals surface area contributed by atoms with E-state index in [2.05, 4.69) is 4.98 Å². The van der Waals surface area contributed by atoms with Gasteiger partial charge in [0.25, 0.3) is 6.10 Å². The normalized spacial score (nSPS) is 18.9. The number of aliphatic carboxylic acids is 1. The van der Waals surface area contributed by atoms with Crippen LogP contribution in [0.4, 0.5) is 0 Å². The van der Waals surface area contributed by atoms with Gasteiger partial charge in [0.1, 0.15) is 10.9 Å². The quantitative estimate of drug-likeness (QED) is 0.551. The lowest BCUT2D eigenvalue weighted by Gasteiger charge is -2.01. The standard InChI is InChI=1S/C8H4ClNO4/c9-5-1-4-3(2-10-5)6(11)7(14-4)8(12)13/h1-2,7H,(H,12,13). The first-order chi connectivity index (χ1) is 6.59. The number of carboxylic acid groups (broad SMARTS) is 1. The number of nitrogens with zero attached hydrogens (tertiary/aromatic N) is 1. The van der Waals surface area contributed by atoms with Gasteiger partial charge in [0.2, 0.25) is 5.78 Å². The molecule has 2 rings (SSSR count). The number of aromatic nitrogens is 1. The van der Waals surface area contributed by atoms with Gasteiger partial charge < -0.3 is 9.84 Å². The molecule has 1 aromatic rings. The largest absolute Gasteiger partial charge is 0.478 e. The number of hydrogen-bond acceptors (Lipinski definition) is 4. The van der Waals surface area contributed by atoms with Crippen LogP contribution in [0.5, 0.6) is 5.75 Å². The molecule has 1 unspecified atom stereocenters. The molecule has 1 aliphatic heterocycles. The van der Waals surface area contributed by atoms with Gasteiger partial charge in [-0.25, -0.2) is 9.78 Å². The van der Waals surface area contributed by atoms with Crippen LogP contribution in [0.15, 0.2) is 12.3 Å². The van der Waals surface area contributed by atoms with Gasteiger partial charge in [0.15, 0.2) is 0 Å². The lowest BCUT2D eigenvalue weighted by Crippen LogP contribution is -2.30. The van der Waals surface area contributed by atoms with E-state index in [1.54, 1.807) is 0 Å². The maximum atomic E-state index is 11.4. The van der Waals surface area contributed by atoms with Crippen molar-refractivity contribution in [2.45, 2.75) is 6.10 Å². The highest BCUT2D eigenvalue weighted by Gasteiger charge is 2.38. The monoisotopic (exact) mass is 213 g/mol. The molecular formula is C8H4ClNO4. The van der Waals surface area contributed by atoms with Crippen molar-refractivity contribution in [3.63, 3.8) is 0 Å². The summed E-state index contributed by atoms with van der Waals surface area (Å²) in [6, 6.07) is 1.32. The maximum Gasteiger partial charge on any atom is 0.353 e. The third kappa shape index (κ3) is 1.22. The second kappa shape index (κ2) is 2.95. The molecule has 72 valence electrons. The summed E-state index contributed by atoms with van der Waals surface area (Å²) in [5.74, 6) is -1.75. The fourth-order valence-electron chi connectivity index (χ4n) is 1.18. The van der Waals surface area contributed by atoms with Crippen LogP contribution in [0.1, 0.15) is 10.4 Å². The number of fused-ring (bicyclic) bond motifs is 1. The molecule has 0 aliphatic carbocycles. The fourth-order valence-corrected chi connectivity index (χ4v) is 1.33. The minimum absolute atomic E-state index is 0.154. The Kier molecular flexibility index (Phi) is 1.89. The first-order valence-corrected chi connectivity index (χ1v) is 4.06. The van der Waals surface area contributed by atoms with Crippen LogP contribution in [-0.2, 0) is 4.79 Å². The molecule has 0 bridgehead atoms. The van der Waals surface area contributed by atoms with Gasteiger partial charge in [-0.1, -0.05) is 11.6 Å². The molecule has 5 nitrogen and oxygen atoms in total. The predicted octanol–water partition coefficient (Wildman–Crippen LogP) is 0.763. The van der Waals surface area contributed by atoms with E-state index in [1.165, 1.54) is 12.3 Å². The smallest absolute Gasteiger partial charge is 0.353 e. The van der Waals surface area contributed by atoms with E-state index in [1.807, 2.05) is 0 Å². The highest BCUT2D eigenvalue weighted by Crippen LogP contribution is 2.29. The van der Waals surface area contributed by atoms with Crippen molar-refractivity contribution in [3.05, 3.63) is 23.0 Å². The summed E-state index contributed by atoms with van der Waals surface area (Å²) in [6.45, 7) is 0. The minimum Gasteiger partial charge on any atom is -0.478 e. The lowest BCUT2D eigenvalue weighted by atomic mass is 10.1. The molecule has 0 aromatic carbocycles. The second-order valence-corrected chi connectivity index (χ2v) is 3.09. The fraction of sp³-hybridized carbons (Fsp3) is 0.125. The molecule has 1 aromatic heterocycles. The number of rotatable bonds is 1.